The number of nitro groups is 1. The number of ether oxygens (including phenoxy) is 2. The minimum absolute atomic E-state index is 0.0342. The van der Waals surface area contributed by atoms with Crippen molar-refractivity contribution >= 4 is 11.6 Å². The maximum absolute atomic E-state index is 12.6. The van der Waals surface area contributed by atoms with Crippen LogP contribution in [0.1, 0.15) is 5.56 Å². The summed E-state index contributed by atoms with van der Waals surface area (Å²) in [5.41, 5.74) is -0.989. The van der Waals surface area contributed by atoms with Gasteiger partial charge in [0.2, 0.25) is 0 Å². The van der Waals surface area contributed by atoms with E-state index >= 15 is 0 Å². The summed E-state index contributed by atoms with van der Waals surface area (Å²) < 4.78 is 48.1. The third kappa shape index (κ3) is 6.49. The van der Waals surface area contributed by atoms with Crippen LogP contribution in [-0.4, -0.2) is 30.6 Å². The molecule has 27 heavy (non-hydrogen) atoms. The number of carbonyl (C=O) groups is 1. The van der Waals surface area contributed by atoms with Crippen molar-refractivity contribution in [2.24, 2.45) is 0 Å². The zero-order chi connectivity index (χ0) is 19.9. The van der Waals surface area contributed by atoms with Crippen LogP contribution in [0.4, 0.5) is 18.9 Å². The van der Waals surface area contributed by atoms with Gasteiger partial charge in [-0.05, 0) is 24.3 Å². The Hall–Kier alpha value is -3.30. The molecule has 0 saturated heterocycles. The van der Waals surface area contributed by atoms with Gasteiger partial charge in [0.05, 0.1) is 23.1 Å². The first kappa shape index (κ1) is 20.0. The molecule has 1 amide bonds. The third-order valence-electron chi connectivity index (χ3n) is 3.25. The van der Waals surface area contributed by atoms with E-state index < -0.39 is 22.6 Å². The number of amides is 1. The zero-order valence-corrected chi connectivity index (χ0v) is 13.9. The molecule has 2 aromatic rings. The normalized spacial score (nSPS) is 10.9. The Morgan fingerprint density at radius 2 is 1.74 bits per heavy atom. The maximum Gasteiger partial charge on any atom is 0.416 e. The topological polar surface area (TPSA) is 90.7 Å². The second-order valence-corrected chi connectivity index (χ2v) is 5.27. The van der Waals surface area contributed by atoms with Crippen molar-refractivity contribution in [2.75, 3.05) is 19.8 Å². The van der Waals surface area contributed by atoms with Crippen molar-refractivity contribution in [3.05, 3.63) is 64.2 Å². The van der Waals surface area contributed by atoms with Crippen molar-refractivity contribution in [1.82, 2.24) is 5.32 Å². The van der Waals surface area contributed by atoms with Crippen LogP contribution < -0.4 is 14.8 Å². The smallest absolute Gasteiger partial charge is 0.416 e. The second kappa shape index (κ2) is 8.88. The molecular formula is C17H15F3N2O5. The molecule has 0 atom stereocenters. The van der Waals surface area contributed by atoms with Crippen LogP contribution in [0.3, 0.4) is 0 Å². The van der Waals surface area contributed by atoms with Crippen LogP contribution in [0.25, 0.3) is 0 Å². The van der Waals surface area contributed by atoms with Gasteiger partial charge in [-0.1, -0.05) is 12.1 Å². The molecule has 2 rings (SSSR count). The Labute approximate surface area is 151 Å². The van der Waals surface area contributed by atoms with Crippen LogP contribution in [0.15, 0.2) is 48.5 Å². The summed E-state index contributed by atoms with van der Waals surface area (Å²) in [6, 6.07) is 9.77. The average Bonchev–Trinajstić information content (AvgIpc) is 2.63. The molecule has 1 N–H and O–H groups in total. The summed E-state index contributed by atoms with van der Waals surface area (Å²) in [7, 11) is 0. The lowest BCUT2D eigenvalue weighted by atomic mass is 10.2. The molecule has 0 fully saturated rings. The summed E-state index contributed by atoms with van der Waals surface area (Å²) in [4.78, 5) is 21.7. The van der Waals surface area contributed by atoms with E-state index in [0.29, 0.717) is 0 Å². The molecule has 10 heteroatoms. The van der Waals surface area contributed by atoms with E-state index in [1.807, 2.05) is 0 Å². The summed E-state index contributed by atoms with van der Waals surface area (Å²) in [6.45, 7) is -0.359. The monoisotopic (exact) mass is 384 g/mol. The molecule has 0 saturated carbocycles. The van der Waals surface area contributed by atoms with Gasteiger partial charge in [-0.15, -0.1) is 0 Å². The molecule has 2 aromatic carbocycles. The SMILES string of the molecule is O=C(COc1cccc([N+](=O)[O-])c1)NCCOc1cccc(C(F)(F)F)c1. The first-order chi connectivity index (χ1) is 12.8. The molecule has 7 nitrogen and oxygen atoms in total. The highest BCUT2D eigenvalue weighted by Crippen LogP contribution is 2.31. The lowest BCUT2D eigenvalue weighted by molar-refractivity contribution is -0.384. The highest BCUT2D eigenvalue weighted by atomic mass is 19.4. The molecule has 0 aliphatic heterocycles. The number of non-ortho nitro benzene ring substituents is 1. The zero-order valence-electron chi connectivity index (χ0n) is 13.9. The van der Waals surface area contributed by atoms with Gasteiger partial charge < -0.3 is 14.8 Å². The van der Waals surface area contributed by atoms with Crippen LogP contribution in [-0.2, 0) is 11.0 Å². The number of carbonyl (C=O) groups excluding carboxylic acids is 1. The largest absolute Gasteiger partial charge is 0.492 e. The van der Waals surface area contributed by atoms with Crippen LogP contribution >= 0.6 is 0 Å². The van der Waals surface area contributed by atoms with Gasteiger partial charge >= 0.3 is 6.18 Å². The van der Waals surface area contributed by atoms with Crippen molar-refractivity contribution in [1.29, 1.82) is 0 Å². The number of halogens is 3. The standard InChI is InChI=1S/C17H15F3N2O5/c18-17(19,20)12-3-1-5-14(9-12)26-8-7-21-16(23)11-27-15-6-2-4-13(10-15)22(24)25/h1-6,9-10H,7-8,11H2,(H,21,23). The molecule has 0 bridgehead atoms. The van der Waals surface area contributed by atoms with Gasteiger partial charge in [0.25, 0.3) is 11.6 Å². The molecule has 0 aromatic heterocycles. The number of hydrogen-bond acceptors (Lipinski definition) is 5. The summed E-state index contributed by atoms with van der Waals surface area (Å²) in [5, 5.41) is 13.1. The van der Waals surface area contributed by atoms with Gasteiger partial charge in [0.15, 0.2) is 6.61 Å². The fourth-order valence-corrected chi connectivity index (χ4v) is 2.01. The van der Waals surface area contributed by atoms with Crippen molar-refractivity contribution in [2.45, 2.75) is 6.18 Å². The lowest BCUT2D eigenvalue weighted by Crippen LogP contribution is -2.32. The van der Waals surface area contributed by atoms with Crippen LogP contribution in [0.5, 0.6) is 11.5 Å². The van der Waals surface area contributed by atoms with E-state index in [0.717, 1.165) is 12.1 Å². The van der Waals surface area contributed by atoms with Crippen molar-refractivity contribution in [3.8, 4) is 11.5 Å². The third-order valence-corrected chi connectivity index (χ3v) is 3.25. The number of hydrogen-bond donors (Lipinski definition) is 1. The van der Waals surface area contributed by atoms with Crippen molar-refractivity contribution in [3.63, 3.8) is 0 Å². The van der Waals surface area contributed by atoms with Gasteiger partial charge in [-0.25, -0.2) is 0 Å². The first-order valence-corrected chi connectivity index (χ1v) is 7.70. The van der Waals surface area contributed by atoms with E-state index in [1.165, 1.54) is 36.4 Å². The highest BCUT2D eigenvalue weighted by Gasteiger charge is 2.30. The lowest BCUT2D eigenvalue weighted by Gasteiger charge is -2.11. The Morgan fingerprint density at radius 3 is 2.41 bits per heavy atom. The minimum atomic E-state index is -4.46. The van der Waals surface area contributed by atoms with E-state index in [4.69, 9.17) is 9.47 Å². The fraction of sp³-hybridized carbons (Fsp3) is 0.235. The second-order valence-electron chi connectivity index (χ2n) is 5.27. The fourth-order valence-electron chi connectivity index (χ4n) is 2.01. The number of benzene rings is 2. The summed E-state index contributed by atoms with van der Waals surface area (Å²) in [5.74, 6) is -0.305. The Balaban J connectivity index is 1.72. The number of nitrogens with zero attached hydrogens (tertiary/aromatic N) is 1. The van der Waals surface area contributed by atoms with Crippen molar-refractivity contribution < 1.29 is 32.4 Å². The van der Waals surface area contributed by atoms with Gasteiger partial charge in [-0.3, -0.25) is 14.9 Å². The molecule has 0 unspecified atom stereocenters. The van der Waals surface area contributed by atoms with E-state index in [9.17, 15) is 28.1 Å². The van der Waals surface area contributed by atoms with E-state index in [-0.39, 0.29) is 36.9 Å². The quantitative estimate of drug-likeness (QED) is 0.429. The number of nitro benzene ring substituents is 1. The molecule has 0 aliphatic rings. The predicted molar refractivity (Wildman–Crippen MR) is 88.5 cm³/mol. The summed E-state index contributed by atoms with van der Waals surface area (Å²) >= 11 is 0. The molecule has 0 aliphatic carbocycles. The molecule has 0 radical (unpaired) electrons. The first-order valence-electron chi connectivity index (χ1n) is 7.70. The maximum atomic E-state index is 12.6. The number of nitrogens with one attached hydrogen (secondary N) is 1. The minimum Gasteiger partial charge on any atom is -0.492 e. The van der Waals surface area contributed by atoms with Crippen LogP contribution in [0, 0.1) is 10.1 Å². The van der Waals surface area contributed by atoms with Gasteiger partial charge in [0.1, 0.15) is 18.1 Å². The molecule has 144 valence electrons. The van der Waals surface area contributed by atoms with Gasteiger partial charge in [0, 0.05) is 6.07 Å². The molecule has 0 spiro atoms. The molecule has 0 heterocycles. The van der Waals surface area contributed by atoms with E-state index in [2.05, 4.69) is 5.32 Å². The van der Waals surface area contributed by atoms with Gasteiger partial charge in [-0.2, -0.15) is 13.2 Å². The number of rotatable bonds is 8. The summed E-state index contributed by atoms with van der Waals surface area (Å²) in [6.07, 6.45) is -4.46. The number of alkyl halides is 3. The average molecular weight is 384 g/mol. The predicted octanol–water partition coefficient (Wildman–Crippen LogP) is 3.19. The van der Waals surface area contributed by atoms with E-state index in [1.54, 1.807) is 0 Å². The molecular weight excluding hydrogens is 369 g/mol. The Morgan fingerprint density at radius 1 is 1.07 bits per heavy atom. The highest BCUT2D eigenvalue weighted by molar-refractivity contribution is 5.77. The van der Waals surface area contributed by atoms with Crippen LogP contribution in [0.2, 0.25) is 0 Å². The Bertz CT molecular complexity index is 811. The Kier molecular flexibility index (Phi) is 6.58.